The fourth-order valence-corrected chi connectivity index (χ4v) is 3.42. The van der Waals surface area contributed by atoms with E-state index in [9.17, 15) is 35.1 Å². The lowest BCUT2D eigenvalue weighted by Crippen LogP contribution is -2.49. The Labute approximate surface area is 148 Å². The summed E-state index contributed by atoms with van der Waals surface area (Å²) in [4.78, 5) is -0.599. The number of rotatable bonds is 4. The van der Waals surface area contributed by atoms with Crippen LogP contribution in [0.1, 0.15) is 11.1 Å². The van der Waals surface area contributed by atoms with Gasteiger partial charge < -0.3 is 0 Å². The molecule has 0 N–H and O–H groups in total. The fraction of sp³-hybridized carbons (Fsp3) is 0.294. The van der Waals surface area contributed by atoms with Gasteiger partial charge in [0.15, 0.2) is 0 Å². The molecule has 2 rings (SSSR count). The van der Waals surface area contributed by atoms with Crippen molar-refractivity contribution in [2.75, 3.05) is 0 Å². The van der Waals surface area contributed by atoms with Gasteiger partial charge in [-0.05, 0) is 54.9 Å². The number of benzene rings is 2. The predicted molar refractivity (Wildman–Crippen MR) is 82.0 cm³/mol. The van der Waals surface area contributed by atoms with Crippen molar-refractivity contribution < 1.29 is 35.1 Å². The van der Waals surface area contributed by atoms with Crippen LogP contribution in [0.25, 0.3) is 11.1 Å². The molecule has 9 heteroatoms. The summed E-state index contributed by atoms with van der Waals surface area (Å²) in [6, 6.07) is 8.64. The molecular weight excluding hydrogens is 388 g/mol. The number of hydrogen-bond donors (Lipinski definition) is 0. The van der Waals surface area contributed by atoms with Gasteiger partial charge in [0.25, 0.3) is 0 Å². The zero-order valence-electron chi connectivity index (χ0n) is 13.3. The Bertz CT molecular complexity index is 811. The highest BCUT2D eigenvalue weighted by Crippen LogP contribution is 2.55. The van der Waals surface area contributed by atoms with Crippen molar-refractivity contribution in [3.05, 3.63) is 53.3 Å². The number of alkyl halides is 7. The van der Waals surface area contributed by atoms with Crippen molar-refractivity contribution >= 4 is 11.8 Å². The van der Waals surface area contributed by atoms with Crippen LogP contribution in [0.15, 0.2) is 35.2 Å². The molecule has 0 spiro atoms. The molecule has 2 aromatic rings. The van der Waals surface area contributed by atoms with Crippen LogP contribution in [0.2, 0.25) is 0 Å². The third kappa shape index (κ3) is 3.67. The largest absolute Gasteiger partial charge is 0.460 e. The SMILES string of the molecule is Cc1[c]c(C)c(-c2ccccc2F)c(SC(F)(F)C(F)(F)C(F)(F)F)c1. The van der Waals surface area contributed by atoms with E-state index in [1.807, 2.05) is 0 Å². The van der Waals surface area contributed by atoms with Gasteiger partial charge in [-0.2, -0.15) is 30.7 Å². The van der Waals surface area contributed by atoms with Crippen LogP contribution >= 0.6 is 11.8 Å². The van der Waals surface area contributed by atoms with Crippen molar-refractivity contribution in [2.45, 2.75) is 36.1 Å². The van der Waals surface area contributed by atoms with Crippen molar-refractivity contribution in [3.63, 3.8) is 0 Å². The minimum Gasteiger partial charge on any atom is -0.206 e. The molecule has 0 fully saturated rings. The highest BCUT2D eigenvalue weighted by molar-refractivity contribution is 8.00. The molecule has 0 aromatic heterocycles. The van der Waals surface area contributed by atoms with E-state index in [2.05, 4.69) is 6.07 Å². The lowest BCUT2D eigenvalue weighted by Gasteiger charge is -2.28. The van der Waals surface area contributed by atoms with E-state index in [-0.39, 0.29) is 22.3 Å². The number of hydrogen-bond acceptors (Lipinski definition) is 1. The van der Waals surface area contributed by atoms with Gasteiger partial charge in [-0.15, -0.1) is 0 Å². The molecule has 26 heavy (non-hydrogen) atoms. The van der Waals surface area contributed by atoms with E-state index in [0.717, 1.165) is 12.1 Å². The van der Waals surface area contributed by atoms with Crippen LogP contribution in [0, 0.1) is 25.7 Å². The van der Waals surface area contributed by atoms with Gasteiger partial charge in [-0.25, -0.2) is 4.39 Å². The normalized spacial score (nSPS) is 13.2. The second-order valence-electron chi connectivity index (χ2n) is 5.49. The van der Waals surface area contributed by atoms with Crippen LogP contribution in [-0.2, 0) is 0 Å². The van der Waals surface area contributed by atoms with Crippen LogP contribution in [-0.4, -0.2) is 17.4 Å². The van der Waals surface area contributed by atoms with Crippen molar-refractivity contribution in [3.8, 4) is 11.1 Å². The summed E-state index contributed by atoms with van der Waals surface area (Å²) in [7, 11) is 0. The van der Waals surface area contributed by atoms with Crippen LogP contribution in [0.4, 0.5) is 35.1 Å². The highest BCUT2D eigenvalue weighted by atomic mass is 32.2. The Morgan fingerprint density at radius 2 is 1.50 bits per heavy atom. The van der Waals surface area contributed by atoms with Crippen LogP contribution in [0.5, 0.6) is 0 Å². The Morgan fingerprint density at radius 3 is 2.04 bits per heavy atom. The average Bonchev–Trinajstić information content (AvgIpc) is 2.46. The number of halogens is 8. The maximum Gasteiger partial charge on any atom is 0.460 e. The second-order valence-corrected chi connectivity index (χ2v) is 6.64. The first-order valence-electron chi connectivity index (χ1n) is 7.07. The summed E-state index contributed by atoms with van der Waals surface area (Å²) in [6.07, 6.45) is -6.44. The molecule has 0 aliphatic rings. The van der Waals surface area contributed by atoms with E-state index >= 15 is 0 Å². The van der Waals surface area contributed by atoms with Crippen LogP contribution < -0.4 is 0 Å². The minimum atomic E-state index is -6.44. The molecule has 0 amide bonds. The Balaban J connectivity index is 2.63. The van der Waals surface area contributed by atoms with Crippen molar-refractivity contribution in [1.82, 2.24) is 0 Å². The Hall–Kier alpha value is -1.77. The Morgan fingerprint density at radius 1 is 0.923 bits per heavy atom. The number of aryl methyl sites for hydroxylation is 2. The lowest BCUT2D eigenvalue weighted by atomic mass is 9.98. The summed E-state index contributed by atoms with van der Waals surface area (Å²) in [5, 5.41) is -5.49. The van der Waals surface area contributed by atoms with E-state index in [4.69, 9.17) is 0 Å². The first kappa shape index (κ1) is 20.5. The molecule has 141 valence electrons. The quantitative estimate of drug-likeness (QED) is 0.403. The zero-order valence-corrected chi connectivity index (χ0v) is 14.1. The molecule has 0 saturated heterocycles. The molecule has 0 saturated carbocycles. The monoisotopic (exact) mass is 399 g/mol. The molecule has 0 unspecified atom stereocenters. The van der Waals surface area contributed by atoms with Gasteiger partial charge in [-0.1, -0.05) is 18.2 Å². The van der Waals surface area contributed by atoms with Crippen molar-refractivity contribution in [1.29, 1.82) is 0 Å². The second kappa shape index (κ2) is 6.75. The summed E-state index contributed by atoms with van der Waals surface area (Å²) in [5.74, 6) is -7.10. The van der Waals surface area contributed by atoms with Gasteiger partial charge in [0.1, 0.15) is 5.82 Å². The topological polar surface area (TPSA) is 0 Å². The van der Waals surface area contributed by atoms with Gasteiger partial charge in [-0.3, -0.25) is 0 Å². The fourth-order valence-electron chi connectivity index (χ4n) is 2.29. The molecule has 0 aliphatic heterocycles. The molecule has 0 heterocycles. The van der Waals surface area contributed by atoms with Crippen molar-refractivity contribution in [2.24, 2.45) is 0 Å². The summed E-state index contributed by atoms with van der Waals surface area (Å²) in [5.41, 5.74) is -0.0360. The zero-order chi connectivity index (χ0) is 19.9. The minimum absolute atomic E-state index is 0.142. The molecular formula is C17H11F8S. The maximum absolute atomic E-state index is 14.1. The van der Waals surface area contributed by atoms with Gasteiger partial charge in [0.2, 0.25) is 0 Å². The lowest BCUT2D eigenvalue weighted by molar-refractivity contribution is -0.330. The molecule has 2 aromatic carbocycles. The average molecular weight is 399 g/mol. The van der Waals surface area contributed by atoms with Crippen LogP contribution in [0.3, 0.4) is 0 Å². The maximum atomic E-state index is 14.1. The smallest absolute Gasteiger partial charge is 0.206 e. The third-order valence-corrected chi connectivity index (χ3v) is 4.51. The summed E-state index contributed by atoms with van der Waals surface area (Å²) in [6.45, 7) is 2.78. The standard InChI is InChI=1S/C17H11F8S/c1-9-7-10(2)14(11-5-3-4-6-12(11)18)13(8-9)26-17(24,25)15(19,20)16(21,22)23/h3-6,8H,1-2H3. The van der Waals surface area contributed by atoms with E-state index in [1.54, 1.807) is 0 Å². The van der Waals surface area contributed by atoms with E-state index in [1.165, 1.54) is 32.0 Å². The van der Waals surface area contributed by atoms with Gasteiger partial charge in [0.05, 0.1) is 0 Å². The van der Waals surface area contributed by atoms with Gasteiger partial charge in [0, 0.05) is 16.0 Å². The molecule has 0 bridgehead atoms. The predicted octanol–water partition coefficient (Wildman–Crippen LogP) is 6.79. The summed E-state index contributed by atoms with van der Waals surface area (Å²) < 4.78 is 105. The Kier molecular flexibility index (Phi) is 5.34. The molecule has 0 aliphatic carbocycles. The first-order chi connectivity index (χ1) is 11.8. The molecule has 0 atom stereocenters. The van der Waals surface area contributed by atoms with E-state index < -0.39 is 39.8 Å². The van der Waals surface area contributed by atoms with E-state index in [0.29, 0.717) is 0 Å². The molecule has 0 nitrogen and oxygen atoms in total. The number of thioether (sulfide) groups is 1. The third-order valence-electron chi connectivity index (χ3n) is 3.46. The first-order valence-corrected chi connectivity index (χ1v) is 7.89. The summed E-state index contributed by atoms with van der Waals surface area (Å²) >= 11 is -0.952. The molecule has 1 radical (unpaired) electrons. The van der Waals surface area contributed by atoms with Gasteiger partial charge >= 0.3 is 17.4 Å². The highest BCUT2D eigenvalue weighted by Gasteiger charge is 2.73.